The Morgan fingerprint density at radius 1 is 1.54 bits per heavy atom. The van der Waals surface area contributed by atoms with Gasteiger partial charge in [0.05, 0.1) is 6.61 Å². The normalized spacial score (nSPS) is 12.5. The molecule has 0 amide bonds. The maximum atomic E-state index is 11.3. The lowest BCUT2D eigenvalue weighted by Crippen LogP contribution is -2.38. The third kappa shape index (κ3) is 5.93. The Morgan fingerprint density at radius 3 is 2.69 bits per heavy atom. The number of thioether (sulfide) groups is 1. The van der Waals surface area contributed by atoms with Crippen molar-refractivity contribution >= 4 is 17.7 Å². The summed E-state index contributed by atoms with van der Waals surface area (Å²) < 4.78 is 4.92. The topological polar surface area (TPSA) is 38.3 Å². The van der Waals surface area contributed by atoms with Crippen LogP contribution in [0.3, 0.4) is 0 Å². The zero-order chi connectivity index (χ0) is 10.1. The van der Waals surface area contributed by atoms with Gasteiger partial charge in [0, 0.05) is 12.3 Å². The molecule has 0 aliphatic rings. The van der Waals surface area contributed by atoms with E-state index in [4.69, 9.17) is 4.74 Å². The number of hydrogen-bond donors (Lipinski definition) is 1. The number of carbonyl (C=O) groups excluding carboxylic acids is 1. The minimum absolute atomic E-state index is 0.132. The smallest absolute Gasteiger partial charge is 0.323 e. The molecule has 0 aromatic heterocycles. The lowest BCUT2D eigenvalue weighted by atomic mass is 10.2. The molecule has 0 spiro atoms. The maximum absolute atomic E-state index is 11.3. The lowest BCUT2D eigenvalue weighted by Gasteiger charge is -2.14. The molecule has 0 heterocycles. The minimum Gasteiger partial charge on any atom is -0.465 e. The van der Waals surface area contributed by atoms with Gasteiger partial charge in [-0.1, -0.05) is 6.92 Å². The van der Waals surface area contributed by atoms with E-state index in [0.29, 0.717) is 6.61 Å². The Morgan fingerprint density at radius 2 is 2.23 bits per heavy atom. The average Bonchev–Trinajstić information content (AvgIpc) is 2.13. The number of hydrogen-bond acceptors (Lipinski definition) is 4. The van der Waals surface area contributed by atoms with Crippen LogP contribution >= 0.6 is 11.8 Å². The highest BCUT2D eigenvalue weighted by atomic mass is 32.2. The summed E-state index contributed by atoms with van der Waals surface area (Å²) in [5, 5.41) is 3.16. The summed E-state index contributed by atoms with van der Waals surface area (Å²) in [6, 6.07) is -0.132. The molecule has 0 saturated heterocycles. The van der Waals surface area contributed by atoms with Gasteiger partial charge in [-0.15, -0.1) is 0 Å². The molecule has 0 aromatic rings. The van der Waals surface area contributed by atoms with Crippen molar-refractivity contribution in [1.82, 2.24) is 5.32 Å². The zero-order valence-electron chi connectivity index (χ0n) is 8.63. The quantitative estimate of drug-likeness (QED) is 0.502. The number of ether oxygens (including phenoxy) is 1. The number of nitrogens with one attached hydrogen (secondary N) is 1. The monoisotopic (exact) mass is 205 g/mol. The van der Waals surface area contributed by atoms with E-state index < -0.39 is 0 Å². The highest BCUT2D eigenvalue weighted by Crippen LogP contribution is 1.96. The second-order valence-electron chi connectivity index (χ2n) is 2.66. The molecule has 0 bridgehead atoms. The molecule has 0 aliphatic heterocycles. The van der Waals surface area contributed by atoms with E-state index in [-0.39, 0.29) is 12.0 Å². The van der Waals surface area contributed by atoms with Crippen molar-refractivity contribution in [1.29, 1.82) is 0 Å². The summed E-state index contributed by atoms with van der Waals surface area (Å²) in [6.07, 6.45) is 2.83. The Kier molecular flexibility index (Phi) is 8.24. The van der Waals surface area contributed by atoms with E-state index >= 15 is 0 Å². The highest BCUT2D eigenvalue weighted by Gasteiger charge is 2.15. The van der Waals surface area contributed by atoms with E-state index in [1.165, 1.54) is 0 Å². The number of carbonyl (C=O) groups is 1. The van der Waals surface area contributed by atoms with Crippen LogP contribution in [0.25, 0.3) is 0 Å². The van der Waals surface area contributed by atoms with Gasteiger partial charge in [-0.2, -0.15) is 11.8 Å². The first-order chi connectivity index (χ1) is 6.26. The third-order valence-corrected chi connectivity index (χ3v) is 2.29. The molecule has 0 saturated carbocycles. The largest absolute Gasteiger partial charge is 0.465 e. The van der Waals surface area contributed by atoms with Crippen LogP contribution in [-0.2, 0) is 9.53 Å². The summed E-state index contributed by atoms with van der Waals surface area (Å²) in [4.78, 5) is 11.3. The van der Waals surface area contributed by atoms with Crippen molar-refractivity contribution in [2.45, 2.75) is 26.3 Å². The molecular formula is C9H19NO2S. The molecule has 13 heavy (non-hydrogen) atoms. The molecule has 4 heteroatoms. The first-order valence-corrected chi connectivity index (χ1v) is 6.04. The van der Waals surface area contributed by atoms with E-state index in [2.05, 4.69) is 5.32 Å². The SMILES string of the molecule is CCOC(=O)C(CC)NCCSC. The van der Waals surface area contributed by atoms with Crippen LogP contribution in [0.15, 0.2) is 0 Å². The third-order valence-electron chi connectivity index (χ3n) is 1.68. The lowest BCUT2D eigenvalue weighted by molar-refractivity contribution is -0.145. The maximum Gasteiger partial charge on any atom is 0.323 e. The van der Waals surface area contributed by atoms with Gasteiger partial charge in [-0.05, 0) is 19.6 Å². The second-order valence-corrected chi connectivity index (χ2v) is 3.65. The molecule has 1 unspecified atom stereocenters. The fourth-order valence-electron chi connectivity index (χ4n) is 0.972. The summed E-state index contributed by atoms with van der Waals surface area (Å²) in [5.41, 5.74) is 0. The number of esters is 1. The Balaban J connectivity index is 3.67. The number of rotatable bonds is 7. The fraction of sp³-hybridized carbons (Fsp3) is 0.889. The van der Waals surface area contributed by atoms with Gasteiger partial charge in [0.25, 0.3) is 0 Å². The molecule has 0 aliphatic carbocycles. The summed E-state index contributed by atoms with van der Waals surface area (Å²) >= 11 is 1.76. The van der Waals surface area contributed by atoms with E-state index in [1.807, 2.05) is 20.1 Å². The predicted molar refractivity (Wildman–Crippen MR) is 57.1 cm³/mol. The first-order valence-electron chi connectivity index (χ1n) is 4.65. The summed E-state index contributed by atoms with van der Waals surface area (Å²) in [7, 11) is 0. The molecule has 0 rings (SSSR count). The van der Waals surface area contributed by atoms with Crippen LogP contribution in [0.1, 0.15) is 20.3 Å². The van der Waals surface area contributed by atoms with Gasteiger partial charge in [-0.3, -0.25) is 4.79 Å². The molecule has 0 fully saturated rings. The first kappa shape index (κ1) is 12.8. The van der Waals surface area contributed by atoms with Gasteiger partial charge in [0.15, 0.2) is 0 Å². The second kappa shape index (κ2) is 8.38. The van der Waals surface area contributed by atoms with Crippen LogP contribution < -0.4 is 5.32 Å². The molecule has 1 atom stereocenters. The van der Waals surface area contributed by atoms with Crippen molar-refractivity contribution in [2.24, 2.45) is 0 Å². The molecule has 1 N–H and O–H groups in total. The summed E-state index contributed by atoms with van der Waals surface area (Å²) in [5.74, 6) is 0.890. The minimum atomic E-state index is -0.133. The van der Waals surface area contributed by atoms with Crippen LogP contribution in [0, 0.1) is 0 Å². The van der Waals surface area contributed by atoms with Gasteiger partial charge in [0.2, 0.25) is 0 Å². The molecule has 3 nitrogen and oxygen atoms in total. The van der Waals surface area contributed by atoms with E-state index in [0.717, 1.165) is 18.7 Å². The van der Waals surface area contributed by atoms with Crippen molar-refractivity contribution in [3.05, 3.63) is 0 Å². The molecular weight excluding hydrogens is 186 g/mol. The van der Waals surface area contributed by atoms with Gasteiger partial charge in [0.1, 0.15) is 6.04 Å². The van der Waals surface area contributed by atoms with E-state index in [1.54, 1.807) is 11.8 Å². The van der Waals surface area contributed by atoms with Crippen molar-refractivity contribution in [3.8, 4) is 0 Å². The van der Waals surface area contributed by atoms with E-state index in [9.17, 15) is 4.79 Å². The highest BCUT2D eigenvalue weighted by molar-refractivity contribution is 7.98. The van der Waals surface area contributed by atoms with Crippen molar-refractivity contribution in [2.75, 3.05) is 25.2 Å². The molecule has 0 aromatic carbocycles. The summed E-state index contributed by atoms with van der Waals surface area (Å²) in [6.45, 7) is 5.12. The van der Waals surface area contributed by atoms with Gasteiger partial charge >= 0.3 is 5.97 Å². The zero-order valence-corrected chi connectivity index (χ0v) is 9.45. The standard InChI is InChI=1S/C9H19NO2S/c1-4-8(9(11)12-5-2)10-6-7-13-3/h8,10H,4-7H2,1-3H3. The van der Waals surface area contributed by atoms with Crippen LogP contribution in [0.2, 0.25) is 0 Å². The Bertz CT molecular complexity index is 142. The van der Waals surface area contributed by atoms with Crippen LogP contribution in [0.5, 0.6) is 0 Å². The predicted octanol–water partition coefficient (Wildman–Crippen LogP) is 1.28. The molecule has 0 radical (unpaired) electrons. The average molecular weight is 205 g/mol. The molecule has 78 valence electrons. The van der Waals surface area contributed by atoms with Crippen LogP contribution in [-0.4, -0.2) is 37.2 Å². The van der Waals surface area contributed by atoms with Gasteiger partial charge in [-0.25, -0.2) is 0 Å². The van der Waals surface area contributed by atoms with Gasteiger partial charge < -0.3 is 10.1 Å². The van der Waals surface area contributed by atoms with Crippen molar-refractivity contribution < 1.29 is 9.53 Å². The van der Waals surface area contributed by atoms with Crippen molar-refractivity contribution in [3.63, 3.8) is 0 Å². The fourth-order valence-corrected chi connectivity index (χ4v) is 1.29. The van der Waals surface area contributed by atoms with Crippen LogP contribution in [0.4, 0.5) is 0 Å². The Labute approximate surface area is 84.6 Å². The Hall–Kier alpha value is -0.220.